The van der Waals surface area contributed by atoms with Crippen molar-refractivity contribution in [3.8, 4) is 0 Å². The lowest BCUT2D eigenvalue weighted by atomic mass is 9.96. The summed E-state index contributed by atoms with van der Waals surface area (Å²) in [5, 5.41) is 5.07. The van der Waals surface area contributed by atoms with Crippen molar-refractivity contribution in [1.29, 1.82) is 0 Å². The number of rotatable bonds is 8. The van der Waals surface area contributed by atoms with Crippen LogP contribution in [-0.2, 0) is 17.8 Å². The molecule has 1 saturated carbocycles. The number of carbonyl (C=O) groups is 1. The van der Waals surface area contributed by atoms with E-state index in [0.717, 1.165) is 18.7 Å². The molecule has 184 valence electrons. The van der Waals surface area contributed by atoms with Crippen molar-refractivity contribution in [3.63, 3.8) is 0 Å². The zero-order chi connectivity index (χ0) is 24.5. The van der Waals surface area contributed by atoms with Crippen LogP contribution in [0.1, 0.15) is 35.6 Å². The number of hydrogen-bond donors (Lipinski definition) is 2. The van der Waals surface area contributed by atoms with Crippen molar-refractivity contribution in [2.24, 2.45) is 5.92 Å². The number of amides is 1. The molecule has 34 heavy (non-hydrogen) atoms. The van der Waals surface area contributed by atoms with Gasteiger partial charge in [-0.05, 0) is 48.9 Å². The standard InChI is InChI=1S/C25H30F4N4O/c1-32(2)22-6-4-3-5-18(22)24(25(27,28)29)31-23(34)13-30-21-10-9-20(26)19-15-33(12-11-17(19)21)14-16-7-8-16/h3-6,9-10,16,24,30H,7-8,11-15H2,1-2H3,(H,31,34). The van der Waals surface area contributed by atoms with E-state index in [2.05, 4.69) is 15.5 Å². The SMILES string of the molecule is CN(C)c1ccccc1C(NC(=O)CNc1ccc(F)c2c1CCN(CC1CC1)C2)C(F)(F)F. The van der Waals surface area contributed by atoms with E-state index < -0.39 is 18.1 Å². The zero-order valence-corrected chi connectivity index (χ0v) is 19.4. The Labute approximate surface area is 197 Å². The van der Waals surface area contributed by atoms with Gasteiger partial charge in [0.15, 0.2) is 6.04 Å². The second-order valence-electron chi connectivity index (χ2n) is 9.33. The molecule has 1 aliphatic carbocycles. The van der Waals surface area contributed by atoms with E-state index >= 15 is 0 Å². The van der Waals surface area contributed by atoms with Crippen molar-refractivity contribution in [2.75, 3.05) is 43.9 Å². The topological polar surface area (TPSA) is 47.6 Å². The molecule has 0 saturated heterocycles. The van der Waals surface area contributed by atoms with Gasteiger partial charge < -0.3 is 15.5 Å². The number of halogens is 4. The van der Waals surface area contributed by atoms with Crippen molar-refractivity contribution < 1.29 is 22.4 Å². The van der Waals surface area contributed by atoms with Crippen molar-refractivity contribution in [1.82, 2.24) is 10.2 Å². The summed E-state index contributed by atoms with van der Waals surface area (Å²) in [7, 11) is 3.30. The monoisotopic (exact) mass is 478 g/mol. The third-order valence-electron chi connectivity index (χ3n) is 6.45. The first-order valence-electron chi connectivity index (χ1n) is 11.5. The maximum Gasteiger partial charge on any atom is 0.412 e. The number of benzene rings is 2. The molecule has 9 heteroatoms. The molecule has 0 bridgehead atoms. The van der Waals surface area contributed by atoms with Crippen LogP contribution < -0.4 is 15.5 Å². The number of alkyl halides is 3. The molecule has 4 rings (SSSR count). The van der Waals surface area contributed by atoms with E-state index in [4.69, 9.17) is 0 Å². The molecule has 2 aliphatic rings. The van der Waals surface area contributed by atoms with E-state index in [9.17, 15) is 22.4 Å². The van der Waals surface area contributed by atoms with Crippen LogP contribution in [0.5, 0.6) is 0 Å². The molecule has 5 nitrogen and oxygen atoms in total. The predicted molar refractivity (Wildman–Crippen MR) is 124 cm³/mol. The number of hydrogen-bond acceptors (Lipinski definition) is 4. The lowest BCUT2D eigenvalue weighted by Gasteiger charge is -2.30. The molecule has 1 atom stereocenters. The fraction of sp³-hybridized carbons (Fsp3) is 0.480. The highest BCUT2D eigenvalue weighted by Gasteiger charge is 2.43. The molecule has 1 unspecified atom stereocenters. The molecule has 1 heterocycles. The summed E-state index contributed by atoms with van der Waals surface area (Å²) >= 11 is 0. The Balaban J connectivity index is 1.45. The molecule has 1 aliphatic heterocycles. The molecule has 2 aromatic rings. The Bertz CT molecular complexity index is 1040. The van der Waals surface area contributed by atoms with Gasteiger partial charge in [-0.3, -0.25) is 9.69 Å². The number of nitrogens with one attached hydrogen (secondary N) is 2. The second-order valence-corrected chi connectivity index (χ2v) is 9.33. The molecular weight excluding hydrogens is 448 g/mol. The molecule has 0 aromatic heterocycles. The summed E-state index contributed by atoms with van der Waals surface area (Å²) in [5.41, 5.74) is 2.34. The van der Waals surface area contributed by atoms with Crippen molar-refractivity contribution in [2.45, 2.75) is 38.0 Å². The molecular formula is C25H30F4N4O. The van der Waals surface area contributed by atoms with E-state index in [0.29, 0.717) is 35.8 Å². The van der Waals surface area contributed by atoms with Gasteiger partial charge in [0, 0.05) is 56.2 Å². The van der Waals surface area contributed by atoms with Crippen molar-refractivity contribution in [3.05, 3.63) is 58.9 Å². The average Bonchev–Trinajstić information content (AvgIpc) is 3.60. The van der Waals surface area contributed by atoms with E-state index in [1.165, 1.54) is 31.0 Å². The van der Waals surface area contributed by atoms with Crippen molar-refractivity contribution >= 4 is 17.3 Å². The quantitative estimate of drug-likeness (QED) is 0.549. The fourth-order valence-corrected chi connectivity index (χ4v) is 4.54. The van der Waals surface area contributed by atoms with Gasteiger partial charge in [0.1, 0.15) is 5.82 Å². The highest BCUT2D eigenvalue weighted by molar-refractivity contribution is 5.82. The molecule has 0 radical (unpaired) electrons. The van der Waals surface area contributed by atoms with Gasteiger partial charge >= 0.3 is 6.18 Å². The molecule has 2 aromatic carbocycles. The summed E-state index contributed by atoms with van der Waals surface area (Å²) < 4.78 is 56.1. The summed E-state index contributed by atoms with van der Waals surface area (Å²) in [6.45, 7) is 1.93. The third-order valence-corrected chi connectivity index (χ3v) is 6.45. The van der Waals surface area contributed by atoms with Gasteiger partial charge in [0.2, 0.25) is 5.91 Å². The van der Waals surface area contributed by atoms with Gasteiger partial charge in [-0.25, -0.2) is 4.39 Å². The summed E-state index contributed by atoms with van der Waals surface area (Å²) in [6, 6.07) is 6.88. The first-order valence-corrected chi connectivity index (χ1v) is 11.5. The minimum absolute atomic E-state index is 0.0248. The maximum absolute atomic E-state index is 14.5. The molecule has 2 N–H and O–H groups in total. The highest BCUT2D eigenvalue weighted by Crippen LogP contribution is 2.37. The van der Waals surface area contributed by atoms with Crippen LogP contribution in [0, 0.1) is 11.7 Å². The maximum atomic E-state index is 14.5. The number of fused-ring (bicyclic) bond motifs is 1. The number of nitrogens with zero attached hydrogens (tertiary/aromatic N) is 2. The minimum Gasteiger partial charge on any atom is -0.377 e. The van der Waals surface area contributed by atoms with E-state index in [1.54, 1.807) is 37.2 Å². The van der Waals surface area contributed by atoms with Crippen LogP contribution in [0.25, 0.3) is 0 Å². The first kappa shape index (κ1) is 24.3. The van der Waals surface area contributed by atoms with E-state index in [-0.39, 0.29) is 17.9 Å². The second kappa shape index (κ2) is 9.82. The first-order chi connectivity index (χ1) is 16.1. The van der Waals surface area contributed by atoms with Crippen LogP contribution in [0.3, 0.4) is 0 Å². The van der Waals surface area contributed by atoms with Gasteiger partial charge in [-0.1, -0.05) is 18.2 Å². The Kier molecular flexibility index (Phi) is 7.02. The van der Waals surface area contributed by atoms with Crippen LogP contribution in [0.15, 0.2) is 36.4 Å². The largest absolute Gasteiger partial charge is 0.412 e. The summed E-state index contributed by atoms with van der Waals surface area (Å²) in [4.78, 5) is 16.4. The lowest BCUT2D eigenvalue weighted by Crippen LogP contribution is -2.41. The number of carbonyl (C=O) groups excluding carboxylic acids is 1. The van der Waals surface area contributed by atoms with Gasteiger partial charge in [-0.2, -0.15) is 13.2 Å². The van der Waals surface area contributed by atoms with Crippen LogP contribution in [0.4, 0.5) is 28.9 Å². The average molecular weight is 479 g/mol. The minimum atomic E-state index is -4.66. The number of para-hydroxylation sites is 1. The smallest absolute Gasteiger partial charge is 0.377 e. The van der Waals surface area contributed by atoms with Crippen LogP contribution >= 0.6 is 0 Å². The Morgan fingerprint density at radius 1 is 1.15 bits per heavy atom. The van der Waals surface area contributed by atoms with Gasteiger partial charge in [0.25, 0.3) is 0 Å². The summed E-state index contributed by atoms with van der Waals surface area (Å²) in [5.74, 6) is -0.378. The highest BCUT2D eigenvalue weighted by atomic mass is 19.4. The number of anilines is 2. The normalized spacial score (nSPS) is 17.1. The van der Waals surface area contributed by atoms with E-state index in [1.807, 2.05) is 0 Å². The fourth-order valence-electron chi connectivity index (χ4n) is 4.54. The molecule has 0 spiro atoms. The molecule has 1 amide bonds. The van der Waals surface area contributed by atoms with Crippen LogP contribution in [-0.4, -0.2) is 50.7 Å². The predicted octanol–water partition coefficient (Wildman–Crippen LogP) is 4.49. The Hall–Kier alpha value is -2.81. The third kappa shape index (κ3) is 5.63. The summed E-state index contributed by atoms with van der Waals surface area (Å²) in [6.07, 6.45) is -1.59. The van der Waals surface area contributed by atoms with Gasteiger partial charge in [-0.15, -0.1) is 0 Å². The van der Waals surface area contributed by atoms with Gasteiger partial charge in [0.05, 0.1) is 6.54 Å². The molecule has 1 fully saturated rings. The van der Waals surface area contributed by atoms with Crippen LogP contribution in [0.2, 0.25) is 0 Å². The Morgan fingerprint density at radius 3 is 2.56 bits per heavy atom. The lowest BCUT2D eigenvalue weighted by molar-refractivity contribution is -0.162. The Morgan fingerprint density at radius 2 is 1.88 bits per heavy atom. The zero-order valence-electron chi connectivity index (χ0n) is 19.4.